The van der Waals surface area contributed by atoms with Gasteiger partial charge in [0.05, 0.1) is 17.3 Å². The van der Waals surface area contributed by atoms with Gasteiger partial charge in [-0.1, -0.05) is 30.3 Å². The number of nitrogens with two attached hydrogens (primary N) is 1. The molecule has 0 unspecified atom stereocenters. The summed E-state index contributed by atoms with van der Waals surface area (Å²) in [6, 6.07) is 9.92. The van der Waals surface area contributed by atoms with Crippen molar-refractivity contribution in [3.8, 4) is 0 Å². The van der Waals surface area contributed by atoms with Gasteiger partial charge in [-0.2, -0.15) is 0 Å². The maximum absolute atomic E-state index is 12.7. The molecule has 0 spiro atoms. The van der Waals surface area contributed by atoms with Crippen LogP contribution < -0.4 is 11.1 Å². The van der Waals surface area contributed by atoms with Crippen molar-refractivity contribution in [1.29, 1.82) is 0 Å². The smallest absolute Gasteiger partial charge is 0.257 e. The molecule has 2 aromatic rings. The van der Waals surface area contributed by atoms with Crippen molar-refractivity contribution in [2.24, 2.45) is 5.92 Å². The molecule has 7 heteroatoms. The lowest BCUT2D eigenvalue weighted by Gasteiger charge is -2.32. The summed E-state index contributed by atoms with van der Waals surface area (Å²) < 4.78 is 0. The summed E-state index contributed by atoms with van der Waals surface area (Å²) in [6.45, 7) is 5.02. The van der Waals surface area contributed by atoms with Crippen molar-refractivity contribution in [3.63, 3.8) is 0 Å². The molecule has 1 fully saturated rings. The Morgan fingerprint density at radius 2 is 1.93 bits per heavy atom. The number of nitrogens with one attached hydrogen (secondary N) is 1. The third kappa shape index (κ3) is 4.85. The summed E-state index contributed by atoms with van der Waals surface area (Å²) >= 11 is 0. The Hall–Kier alpha value is -2.96. The molecule has 0 radical (unpaired) electrons. The van der Waals surface area contributed by atoms with E-state index < -0.39 is 0 Å². The number of aryl methyl sites for hydroxylation is 1. The highest BCUT2D eigenvalue weighted by atomic mass is 16.2. The minimum absolute atomic E-state index is 0.0103. The molecule has 1 aromatic carbocycles. The number of carbonyl (C=O) groups excluding carboxylic acids is 2. The highest BCUT2D eigenvalue weighted by molar-refractivity contribution is 5.95. The Labute approximate surface area is 165 Å². The number of aromatic nitrogens is 2. The summed E-state index contributed by atoms with van der Waals surface area (Å²) in [5.41, 5.74) is 7.73. The normalized spacial score (nSPS) is 15.9. The molecule has 1 atom stereocenters. The maximum Gasteiger partial charge on any atom is 0.257 e. The Kier molecular flexibility index (Phi) is 6.23. The fraction of sp³-hybridized carbons (Fsp3) is 0.429. The molecule has 148 valence electrons. The van der Waals surface area contributed by atoms with Crippen LogP contribution in [0.5, 0.6) is 0 Å². The van der Waals surface area contributed by atoms with Gasteiger partial charge in [0.1, 0.15) is 0 Å². The van der Waals surface area contributed by atoms with E-state index in [-0.39, 0.29) is 29.7 Å². The number of anilines is 1. The van der Waals surface area contributed by atoms with Crippen molar-refractivity contribution in [3.05, 3.63) is 53.3 Å². The fourth-order valence-corrected chi connectivity index (χ4v) is 3.59. The van der Waals surface area contributed by atoms with E-state index in [1.54, 1.807) is 6.92 Å². The van der Waals surface area contributed by atoms with Gasteiger partial charge >= 0.3 is 0 Å². The van der Waals surface area contributed by atoms with Gasteiger partial charge in [-0.05, 0) is 38.2 Å². The molecule has 7 nitrogen and oxygen atoms in total. The second kappa shape index (κ2) is 8.82. The first-order chi connectivity index (χ1) is 13.4. The monoisotopic (exact) mass is 381 g/mol. The van der Waals surface area contributed by atoms with Gasteiger partial charge in [-0.15, -0.1) is 0 Å². The Morgan fingerprint density at radius 3 is 2.57 bits per heavy atom. The van der Waals surface area contributed by atoms with Crippen molar-refractivity contribution in [1.82, 2.24) is 20.2 Å². The highest BCUT2D eigenvalue weighted by Gasteiger charge is 2.26. The number of likely N-dealkylation sites (tertiary alicyclic amines) is 1. The number of carbonyl (C=O) groups is 2. The Balaban J connectivity index is 1.48. The first-order valence-corrected chi connectivity index (χ1v) is 9.66. The molecule has 0 bridgehead atoms. The van der Waals surface area contributed by atoms with Crippen molar-refractivity contribution in [2.45, 2.75) is 39.2 Å². The number of nitrogens with zero attached hydrogens (tertiary/aromatic N) is 3. The van der Waals surface area contributed by atoms with E-state index >= 15 is 0 Å². The minimum Gasteiger partial charge on any atom is -0.368 e. The van der Waals surface area contributed by atoms with Crippen LogP contribution in [-0.2, 0) is 4.79 Å². The summed E-state index contributed by atoms with van der Waals surface area (Å²) in [5.74, 6) is 0.446. The second-order valence-electron chi connectivity index (χ2n) is 7.37. The van der Waals surface area contributed by atoms with E-state index in [0.717, 1.165) is 18.4 Å². The summed E-state index contributed by atoms with van der Waals surface area (Å²) in [4.78, 5) is 34.9. The van der Waals surface area contributed by atoms with Crippen molar-refractivity contribution >= 4 is 17.8 Å². The zero-order chi connectivity index (χ0) is 20.1. The number of nitrogen functional groups attached to an aromatic ring is 1. The Bertz CT molecular complexity index is 832. The molecule has 28 heavy (non-hydrogen) atoms. The zero-order valence-electron chi connectivity index (χ0n) is 16.4. The van der Waals surface area contributed by atoms with Crippen LogP contribution in [0.1, 0.15) is 53.8 Å². The second-order valence-corrected chi connectivity index (χ2v) is 7.37. The number of piperidine rings is 1. The molecule has 1 aliphatic rings. The number of benzene rings is 1. The number of hydrogen-bond donors (Lipinski definition) is 2. The average Bonchev–Trinajstić information content (AvgIpc) is 2.68. The Morgan fingerprint density at radius 1 is 1.25 bits per heavy atom. The standard InChI is InChI=1S/C21H27N5O2/c1-14(17-6-4-3-5-7-17)24-19(27)12-16-8-10-26(11-9-16)20(28)18-13-23-21(22)25-15(18)2/h3-7,13-14,16H,8-12H2,1-2H3,(H,24,27)(H2,22,23,25)/t14-/m1/s1. The molecule has 0 saturated carbocycles. The SMILES string of the molecule is Cc1nc(N)ncc1C(=O)N1CCC(CC(=O)N[C@H](C)c2ccccc2)CC1. The number of amides is 2. The van der Waals surface area contributed by atoms with Gasteiger partial charge in [0.25, 0.3) is 5.91 Å². The molecule has 0 aliphatic carbocycles. The van der Waals surface area contributed by atoms with Gasteiger partial charge in [0.2, 0.25) is 11.9 Å². The van der Waals surface area contributed by atoms with Crippen LogP contribution in [0, 0.1) is 12.8 Å². The molecule has 3 N–H and O–H groups in total. The molecule has 1 aromatic heterocycles. The minimum atomic E-state index is -0.0712. The van der Waals surface area contributed by atoms with E-state index in [1.807, 2.05) is 42.2 Å². The van der Waals surface area contributed by atoms with Crippen LogP contribution in [0.25, 0.3) is 0 Å². The first kappa shape index (κ1) is 19.8. The van der Waals surface area contributed by atoms with Gasteiger partial charge < -0.3 is 16.0 Å². The largest absolute Gasteiger partial charge is 0.368 e. The summed E-state index contributed by atoms with van der Waals surface area (Å²) in [6.07, 6.45) is 3.61. The van der Waals surface area contributed by atoms with E-state index in [0.29, 0.717) is 30.8 Å². The quantitative estimate of drug-likeness (QED) is 0.829. The molecular formula is C21H27N5O2. The van der Waals surface area contributed by atoms with Gasteiger partial charge in [-0.25, -0.2) is 9.97 Å². The van der Waals surface area contributed by atoms with Crippen LogP contribution in [-0.4, -0.2) is 39.8 Å². The van der Waals surface area contributed by atoms with Crippen LogP contribution in [0.4, 0.5) is 5.95 Å². The maximum atomic E-state index is 12.7. The number of hydrogen-bond acceptors (Lipinski definition) is 5. The molecule has 1 saturated heterocycles. The van der Waals surface area contributed by atoms with Gasteiger partial charge in [0.15, 0.2) is 0 Å². The van der Waals surface area contributed by atoms with Crippen LogP contribution in [0.2, 0.25) is 0 Å². The van der Waals surface area contributed by atoms with E-state index in [9.17, 15) is 9.59 Å². The van der Waals surface area contributed by atoms with Crippen molar-refractivity contribution < 1.29 is 9.59 Å². The third-order valence-electron chi connectivity index (χ3n) is 5.28. The zero-order valence-corrected chi connectivity index (χ0v) is 16.4. The van der Waals surface area contributed by atoms with Gasteiger partial charge in [-0.3, -0.25) is 9.59 Å². The summed E-state index contributed by atoms with van der Waals surface area (Å²) in [7, 11) is 0. The number of rotatable bonds is 5. The predicted molar refractivity (Wildman–Crippen MR) is 107 cm³/mol. The lowest BCUT2D eigenvalue weighted by molar-refractivity contribution is -0.122. The summed E-state index contributed by atoms with van der Waals surface area (Å²) in [5, 5.41) is 3.07. The first-order valence-electron chi connectivity index (χ1n) is 9.66. The van der Waals surface area contributed by atoms with E-state index in [2.05, 4.69) is 15.3 Å². The van der Waals surface area contributed by atoms with E-state index in [4.69, 9.17) is 5.73 Å². The third-order valence-corrected chi connectivity index (χ3v) is 5.28. The molecular weight excluding hydrogens is 354 g/mol. The lowest BCUT2D eigenvalue weighted by Crippen LogP contribution is -2.40. The van der Waals surface area contributed by atoms with E-state index in [1.165, 1.54) is 6.20 Å². The topological polar surface area (TPSA) is 101 Å². The molecule has 3 rings (SSSR count). The van der Waals surface area contributed by atoms with Crippen LogP contribution in [0.3, 0.4) is 0 Å². The van der Waals surface area contributed by atoms with Gasteiger partial charge in [0, 0.05) is 25.7 Å². The van der Waals surface area contributed by atoms with Crippen LogP contribution >= 0.6 is 0 Å². The predicted octanol–water partition coefficient (Wildman–Crippen LogP) is 2.49. The molecule has 2 heterocycles. The fourth-order valence-electron chi connectivity index (χ4n) is 3.59. The average molecular weight is 381 g/mol. The van der Waals surface area contributed by atoms with Crippen LogP contribution in [0.15, 0.2) is 36.5 Å². The highest BCUT2D eigenvalue weighted by Crippen LogP contribution is 2.23. The molecule has 1 aliphatic heterocycles. The molecule has 2 amide bonds. The lowest BCUT2D eigenvalue weighted by atomic mass is 9.92. The van der Waals surface area contributed by atoms with Crippen molar-refractivity contribution in [2.75, 3.05) is 18.8 Å².